The van der Waals surface area contributed by atoms with Gasteiger partial charge in [0, 0.05) is 19.3 Å². The number of nitrogens with one attached hydrogen (secondary N) is 1. The Morgan fingerprint density at radius 1 is 1.47 bits per heavy atom. The number of hydrogen-bond donors (Lipinski definition) is 1. The molecule has 0 bridgehead atoms. The van der Waals surface area contributed by atoms with Crippen molar-refractivity contribution in [1.29, 1.82) is 0 Å². The summed E-state index contributed by atoms with van der Waals surface area (Å²) in [5.74, 6) is 0. The van der Waals surface area contributed by atoms with Crippen molar-refractivity contribution in [3.63, 3.8) is 0 Å². The molecular formula is C11H21N3O. The van der Waals surface area contributed by atoms with Gasteiger partial charge in [0.25, 0.3) is 0 Å². The van der Waals surface area contributed by atoms with Crippen LogP contribution in [0, 0.1) is 0 Å². The minimum Gasteiger partial charge on any atom is -0.380 e. The molecule has 0 aliphatic carbocycles. The molecule has 0 aliphatic heterocycles. The molecule has 4 nitrogen and oxygen atoms in total. The van der Waals surface area contributed by atoms with Gasteiger partial charge in [-0.1, -0.05) is 6.92 Å². The highest BCUT2D eigenvalue weighted by Crippen LogP contribution is 1.98. The van der Waals surface area contributed by atoms with E-state index in [1.807, 2.05) is 17.8 Å². The second kappa shape index (κ2) is 7.43. The normalized spacial score (nSPS) is 10.8. The van der Waals surface area contributed by atoms with E-state index in [-0.39, 0.29) is 0 Å². The molecule has 0 fully saturated rings. The summed E-state index contributed by atoms with van der Waals surface area (Å²) in [4.78, 5) is 0. The van der Waals surface area contributed by atoms with Crippen LogP contribution < -0.4 is 5.32 Å². The average molecular weight is 211 g/mol. The van der Waals surface area contributed by atoms with E-state index in [9.17, 15) is 0 Å². The smallest absolute Gasteiger partial charge is 0.0662 e. The third-order valence-corrected chi connectivity index (χ3v) is 2.19. The van der Waals surface area contributed by atoms with Crippen LogP contribution in [0.2, 0.25) is 0 Å². The Labute approximate surface area is 91.6 Å². The lowest BCUT2D eigenvalue weighted by atomic mass is 10.4. The van der Waals surface area contributed by atoms with Gasteiger partial charge in [-0.25, -0.2) is 0 Å². The molecule has 0 aromatic carbocycles. The van der Waals surface area contributed by atoms with Gasteiger partial charge in [-0.3, -0.25) is 4.68 Å². The fourth-order valence-electron chi connectivity index (χ4n) is 1.40. The zero-order valence-corrected chi connectivity index (χ0v) is 9.70. The van der Waals surface area contributed by atoms with Crippen molar-refractivity contribution in [2.45, 2.75) is 33.4 Å². The van der Waals surface area contributed by atoms with Crippen molar-refractivity contribution < 1.29 is 4.74 Å². The standard InChI is InChI=1S/C11H21N3O/c1-3-6-12-10-11-5-7-13-14(11)8-9-15-4-2/h5,7,12H,3-4,6,8-10H2,1-2H3. The number of nitrogens with zero attached hydrogens (tertiary/aromatic N) is 2. The van der Waals surface area contributed by atoms with Crippen molar-refractivity contribution in [2.75, 3.05) is 19.8 Å². The van der Waals surface area contributed by atoms with E-state index in [2.05, 4.69) is 23.4 Å². The predicted molar refractivity (Wildman–Crippen MR) is 60.7 cm³/mol. The molecule has 0 unspecified atom stereocenters. The average Bonchev–Trinajstić information content (AvgIpc) is 2.67. The van der Waals surface area contributed by atoms with Gasteiger partial charge in [0.2, 0.25) is 0 Å². The molecule has 15 heavy (non-hydrogen) atoms. The van der Waals surface area contributed by atoms with Gasteiger partial charge in [0.1, 0.15) is 0 Å². The number of aromatic nitrogens is 2. The first kappa shape index (κ1) is 12.2. The fraction of sp³-hybridized carbons (Fsp3) is 0.727. The quantitative estimate of drug-likeness (QED) is 0.661. The summed E-state index contributed by atoms with van der Waals surface area (Å²) in [5, 5.41) is 7.63. The minimum atomic E-state index is 0.735. The molecule has 86 valence electrons. The lowest BCUT2D eigenvalue weighted by Gasteiger charge is -2.08. The maximum atomic E-state index is 5.31. The van der Waals surface area contributed by atoms with Crippen molar-refractivity contribution in [2.24, 2.45) is 0 Å². The summed E-state index contributed by atoms with van der Waals surface area (Å²) in [7, 11) is 0. The first-order valence-electron chi connectivity index (χ1n) is 5.67. The van der Waals surface area contributed by atoms with Crippen molar-refractivity contribution in [3.05, 3.63) is 18.0 Å². The zero-order chi connectivity index (χ0) is 10.9. The van der Waals surface area contributed by atoms with E-state index in [1.54, 1.807) is 0 Å². The summed E-state index contributed by atoms with van der Waals surface area (Å²) < 4.78 is 7.30. The first-order chi connectivity index (χ1) is 7.38. The van der Waals surface area contributed by atoms with E-state index < -0.39 is 0 Å². The Bertz CT molecular complexity index is 236. The molecule has 0 amide bonds. The zero-order valence-electron chi connectivity index (χ0n) is 9.70. The summed E-state index contributed by atoms with van der Waals surface area (Å²) in [6, 6.07) is 2.05. The lowest BCUT2D eigenvalue weighted by Crippen LogP contribution is -2.18. The molecule has 1 aromatic rings. The third-order valence-electron chi connectivity index (χ3n) is 2.19. The summed E-state index contributed by atoms with van der Waals surface area (Å²) in [6.07, 6.45) is 3.00. The van der Waals surface area contributed by atoms with Crippen LogP contribution in [0.15, 0.2) is 12.3 Å². The van der Waals surface area contributed by atoms with Crippen molar-refractivity contribution in [1.82, 2.24) is 15.1 Å². The molecule has 0 atom stereocenters. The van der Waals surface area contributed by atoms with Gasteiger partial charge >= 0.3 is 0 Å². The molecule has 0 saturated heterocycles. The van der Waals surface area contributed by atoms with E-state index in [4.69, 9.17) is 4.74 Å². The minimum absolute atomic E-state index is 0.735. The van der Waals surface area contributed by atoms with Crippen molar-refractivity contribution in [3.8, 4) is 0 Å². The van der Waals surface area contributed by atoms with Crippen molar-refractivity contribution >= 4 is 0 Å². The molecule has 0 radical (unpaired) electrons. The Hall–Kier alpha value is -0.870. The van der Waals surface area contributed by atoms with Gasteiger partial charge in [-0.2, -0.15) is 5.10 Å². The van der Waals surface area contributed by atoms with Gasteiger partial charge in [-0.15, -0.1) is 0 Å². The second-order valence-electron chi connectivity index (χ2n) is 3.42. The van der Waals surface area contributed by atoms with Crippen LogP contribution in [0.4, 0.5) is 0 Å². The van der Waals surface area contributed by atoms with Gasteiger partial charge in [0.05, 0.1) is 18.8 Å². The van der Waals surface area contributed by atoms with Crippen LogP contribution >= 0.6 is 0 Å². The Kier molecular flexibility index (Phi) is 6.04. The molecule has 0 saturated carbocycles. The highest BCUT2D eigenvalue weighted by atomic mass is 16.5. The molecule has 1 N–H and O–H groups in total. The number of hydrogen-bond acceptors (Lipinski definition) is 3. The molecule has 1 aromatic heterocycles. The molecule has 0 aliphatic rings. The van der Waals surface area contributed by atoms with E-state index >= 15 is 0 Å². The molecular weight excluding hydrogens is 190 g/mol. The largest absolute Gasteiger partial charge is 0.380 e. The predicted octanol–water partition coefficient (Wildman–Crippen LogP) is 1.42. The van der Waals surface area contributed by atoms with Crippen LogP contribution in [0.25, 0.3) is 0 Å². The number of rotatable bonds is 8. The maximum absolute atomic E-state index is 5.31. The highest BCUT2D eigenvalue weighted by molar-refractivity contribution is 4.99. The maximum Gasteiger partial charge on any atom is 0.0662 e. The Morgan fingerprint density at radius 2 is 2.33 bits per heavy atom. The van der Waals surface area contributed by atoms with Crippen LogP contribution in [0.1, 0.15) is 26.0 Å². The second-order valence-corrected chi connectivity index (χ2v) is 3.42. The van der Waals surface area contributed by atoms with E-state index in [0.717, 1.165) is 39.3 Å². The van der Waals surface area contributed by atoms with Gasteiger partial charge in [0.15, 0.2) is 0 Å². The summed E-state index contributed by atoms with van der Waals surface area (Å²) in [5.41, 5.74) is 1.23. The molecule has 0 spiro atoms. The first-order valence-corrected chi connectivity index (χ1v) is 5.67. The van der Waals surface area contributed by atoms with E-state index in [1.165, 1.54) is 5.69 Å². The van der Waals surface area contributed by atoms with Crippen LogP contribution in [-0.2, 0) is 17.8 Å². The topological polar surface area (TPSA) is 39.1 Å². The molecule has 1 heterocycles. The van der Waals surface area contributed by atoms with Crippen LogP contribution in [0.3, 0.4) is 0 Å². The monoisotopic (exact) mass is 211 g/mol. The third kappa shape index (κ3) is 4.44. The summed E-state index contributed by atoms with van der Waals surface area (Å²) in [6.45, 7) is 8.45. The number of ether oxygens (including phenoxy) is 1. The molecule has 4 heteroatoms. The SMILES string of the molecule is CCCNCc1ccnn1CCOCC. The Balaban J connectivity index is 2.32. The molecule has 1 rings (SSSR count). The fourth-order valence-corrected chi connectivity index (χ4v) is 1.40. The highest BCUT2D eigenvalue weighted by Gasteiger charge is 2.00. The van der Waals surface area contributed by atoms with Gasteiger partial charge < -0.3 is 10.1 Å². The van der Waals surface area contributed by atoms with Crippen LogP contribution in [0.5, 0.6) is 0 Å². The van der Waals surface area contributed by atoms with Crippen LogP contribution in [-0.4, -0.2) is 29.5 Å². The van der Waals surface area contributed by atoms with Gasteiger partial charge in [-0.05, 0) is 26.0 Å². The summed E-state index contributed by atoms with van der Waals surface area (Å²) >= 11 is 0. The van der Waals surface area contributed by atoms with E-state index in [0.29, 0.717) is 0 Å². The Morgan fingerprint density at radius 3 is 3.07 bits per heavy atom. The lowest BCUT2D eigenvalue weighted by molar-refractivity contribution is 0.135.